The Hall–Kier alpha value is -2.14. The molecule has 19 heavy (non-hydrogen) atoms. The van der Waals surface area contributed by atoms with E-state index in [1.165, 1.54) is 6.07 Å². The van der Waals surface area contributed by atoms with Gasteiger partial charge in [0, 0.05) is 12.6 Å². The third-order valence-corrected chi connectivity index (χ3v) is 2.52. The molecule has 0 saturated heterocycles. The number of nitrogens with zero attached hydrogens (tertiary/aromatic N) is 1. The summed E-state index contributed by atoms with van der Waals surface area (Å²) in [6, 6.07) is 10.9. The highest BCUT2D eigenvalue weighted by Crippen LogP contribution is 2.09. The average Bonchev–Trinajstić information content (AvgIpc) is 2.43. The standard InChI is InChI=1S/C14H17N3O2/c1-2-15-9-11-8-14(18)17-13(16-11)10-19-12-6-4-3-5-7-12/h3-8,15H,2,9-10H2,1H3,(H,16,17,18). The van der Waals surface area contributed by atoms with E-state index >= 15 is 0 Å². The van der Waals surface area contributed by atoms with Crippen LogP contribution in [0, 0.1) is 0 Å². The number of H-pyrrole nitrogens is 1. The molecule has 0 saturated carbocycles. The maximum Gasteiger partial charge on any atom is 0.251 e. The fourth-order valence-electron chi connectivity index (χ4n) is 1.64. The van der Waals surface area contributed by atoms with Gasteiger partial charge < -0.3 is 15.0 Å². The first-order valence-electron chi connectivity index (χ1n) is 6.25. The molecule has 2 N–H and O–H groups in total. The SMILES string of the molecule is CCNCc1cc(=O)[nH]c(COc2ccccc2)n1. The predicted molar refractivity (Wildman–Crippen MR) is 73.0 cm³/mol. The van der Waals surface area contributed by atoms with Gasteiger partial charge in [-0.2, -0.15) is 0 Å². The molecule has 0 fully saturated rings. The van der Waals surface area contributed by atoms with Crippen LogP contribution in [0.5, 0.6) is 5.75 Å². The molecular weight excluding hydrogens is 242 g/mol. The van der Waals surface area contributed by atoms with Gasteiger partial charge in [-0.3, -0.25) is 4.79 Å². The van der Waals surface area contributed by atoms with Crippen molar-refractivity contribution in [2.75, 3.05) is 6.54 Å². The van der Waals surface area contributed by atoms with Gasteiger partial charge >= 0.3 is 0 Å². The number of ether oxygens (including phenoxy) is 1. The quantitative estimate of drug-likeness (QED) is 0.824. The van der Waals surface area contributed by atoms with Crippen LogP contribution >= 0.6 is 0 Å². The topological polar surface area (TPSA) is 67.0 Å². The van der Waals surface area contributed by atoms with Crippen molar-refractivity contribution in [3.63, 3.8) is 0 Å². The summed E-state index contributed by atoms with van der Waals surface area (Å²) in [5, 5.41) is 3.14. The van der Waals surface area contributed by atoms with Crippen LogP contribution in [0.2, 0.25) is 0 Å². The summed E-state index contributed by atoms with van der Waals surface area (Å²) in [6.07, 6.45) is 0. The Morgan fingerprint density at radius 2 is 2.11 bits per heavy atom. The third-order valence-electron chi connectivity index (χ3n) is 2.52. The summed E-state index contributed by atoms with van der Waals surface area (Å²) in [6.45, 7) is 3.68. The largest absolute Gasteiger partial charge is 0.486 e. The zero-order chi connectivity index (χ0) is 13.5. The predicted octanol–water partition coefficient (Wildman–Crippen LogP) is 1.46. The van der Waals surface area contributed by atoms with Crippen LogP contribution in [-0.2, 0) is 13.2 Å². The van der Waals surface area contributed by atoms with Crippen molar-refractivity contribution >= 4 is 0 Å². The molecule has 5 nitrogen and oxygen atoms in total. The average molecular weight is 259 g/mol. The van der Waals surface area contributed by atoms with Gasteiger partial charge in [0.2, 0.25) is 0 Å². The number of hydrogen-bond donors (Lipinski definition) is 2. The van der Waals surface area contributed by atoms with Gasteiger partial charge in [0.25, 0.3) is 5.56 Å². The number of hydrogen-bond acceptors (Lipinski definition) is 4. The number of rotatable bonds is 6. The van der Waals surface area contributed by atoms with E-state index in [-0.39, 0.29) is 12.2 Å². The molecule has 1 aromatic carbocycles. The lowest BCUT2D eigenvalue weighted by Crippen LogP contribution is -2.19. The Morgan fingerprint density at radius 3 is 2.84 bits per heavy atom. The Bertz CT molecular complexity index is 566. The van der Waals surface area contributed by atoms with Gasteiger partial charge in [-0.25, -0.2) is 4.98 Å². The number of para-hydroxylation sites is 1. The highest BCUT2D eigenvalue weighted by atomic mass is 16.5. The molecule has 0 unspecified atom stereocenters. The second-order valence-electron chi connectivity index (χ2n) is 4.07. The van der Waals surface area contributed by atoms with Crippen molar-refractivity contribution in [2.24, 2.45) is 0 Å². The van der Waals surface area contributed by atoms with Crippen molar-refractivity contribution in [1.82, 2.24) is 15.3 Å². The fraction of sp³-hybridized carbons (Fsp3) is 0.286. The second-order valence-corrected chi connectivity index (χ2v) is 4.07. The van der Waals surface area contributed by atoms with Gasteiger partial charge in [0.15, 0.2) is 0 Å². The van der Waals surface area contributed by atoms with Crippen LogP contribution in [0.4, 0.5) is 0 Å². The molecule has 100 valence electrons. The van der Waals surface area contributed by atoms with Crippen LogP contribution in [0.15, 0.2) is 41.2 Å². The maximum atomic E-state index is 11.5. The smallest absolute Gasteiger partial charge is 0.251 e. The van der Waals surface area contributed by atoms with E-state index in [0.29, 0.717) is 12.4 Å². The lowest BCUT2D eigenvalue weighted by atomic mass is 10.3. The minimum absolute atomic E-state index is 0.158. The van der Waals surface area contributed by atoms with Crippen LogP contribution in [0.25, 0.3) is 0 Å². The van der Waals surface area contributed by atoms with E-state index < -0.39 is 0 Å². The molecule has 0 aliphatic heterocycles. The summed E-state index contributed by atoms with van der Waals surface area (Å²) >= 11 is 0. The Morgan fingerprint density at radius 1 is 1.32 bits per heavy atom. The zero-order valence-corrected chi connectivity index (χ0v) is 10.8. The summed E-state index contributed by atoms with van der Waals surface area (Å²) < 4.78 is 5.55. The number of benzene rings is 1. The highest BCUT2D eigenvalue weighted by Gasteiger charge is 2.02. The molecule has 0 aliphatic rings. The summed E-state index contributed by atoms with van der Waals surface area (Å²) in [5.74, 6) is 1.28. The first-order chi connectivity index (χ1) is 9.28. The Kier molecular flexibility index (Phi) is 4.69. The number of aromatic amines is 1. The molecule has 1 aromatic heterocycles. The van der Waals surface area contributed by atoms with Gasteiger partial charge in [-0.05, 0) is 18.7 Å². The highest BCUT2D eigenvalue weighted by molar-refractivity contribution is 5.21. The van der Waals surface area contributed by atoms with Gasteiger partial charge in [-0.15, -0.1) is 0 Å². The molecule has 0 aliphatic carbocycles. The van der Waals surface area contributed by atoms with Gasteiger partial charge in [0.1, 0.15) is 18.2 Å². The molecule has 0 amide bonds. The van der Waals surface area contributed by atoms with Crippen molar-refractivity contribution in [2.45, 2.75) is 20.1 Å². The van der Waals surface area contributed by atoms with Crippen LogP contribution < -0.4 is 15.6 Å². The van der Waals surface area contributed by atoms with Crippen molar-refractivity contribution in [3.05, 3.63) is 58.3 Å². The van der Waals surface area contributed by atoms with E-state index in [4.69, 9.17) is 4.74 Å². The molecule has 0 bridgehead atoms. The number of aromatic nitrogens is 2. The van der Waals surface area contributed by atoms with E-state index in [9.17, 15) is 4.79 Å². The molecule has 1 heterocycles. The maximum absolute atomic E-state index is 11.5. The van der Waals surface area contributed by atoms with Crippen LogP contribution in [0.3, 0.4) is 0 Å². The Balaban J connectivity index is 2.03. The van der Waals surface area contributed by atoms with Crippen LogP contribution in [0.1, 0.15) is 18.4 Å². The molecule has 0 atom stereocenters. The van der Waals surface area contributed by atoms with E-state index in [1.54, 1.807) is 0 Å². The molecule has 2 rings (SSSR count). The molecular formula is C14H17N3O2. The normalized spacial score (nSPS) is 10.4. The van der Waals surface area contributed by atoms with E-state index in [0.717, 1.165) is 18.0 Å². The van der Waals surface area contributed by atoms with Gasteiger partial charge in [0.05, 0.1) is 5.69 Å². The monoisotopic (exact) mass is 259 g/mol. The lowest BCUT2D eigenvalue weighted by molar-refractivity contribution is 0.295. The minimum Gasteiger partial charge on any atom is -0.486 e. The zero-order valence-electron chi connectivity index (χ0n) is 10.8. The molecule has 2 aromatic rings. The van der Waals surface area contributed by atoms with E-state index in [2.05, 4.69) is 15.3 Å². The summed E-state index contributed by atoms with van der Waals surface area (Å²) in [5.41, 5.74) is 0.562. The third kappa shape index (κ3) is 4.22. The number of nitrogens with one attached hydrogen (secondary N) is 2. The summed E-state index contributed by atoms with van der Waals surface area (Å²) in [4.78, 5) is 18.5. The van der Waals surface area contributed by atoms with Crippen molar-refractivity contribution in [3.8, 4) is 5.75 Å². The summed E-state index contributed by atoms with van der Waals surface area (Å²) in [7, 11) is 0. The lowest BCUT2D eigenvalue weighted by Gasteiger charge is -2.07. The first-order valence-corrected chi connectivity index (χ1v) is 6.25. The minimum atomic E-state index is -0.158. The van der Waals surface area contributed by atoms with Crippen LogP contribution in [-0.4, -0.2) is 16.5 Å². The van der Waals surface area contributed by atoms with Gasteiger partial charge in [-0.1, -0.05) is 25.1 Å². The molecule has 0 spiro atoms. The molecule has 0 radical (unpaired) electrons. The fourth-order valence-corrected chi connectivity index (χ4v) is 1.64. The van der Waals surface area contributed by atoms with Crippen molar-refractivity contribution in [1.29, 1.82) is 0 Å². The Labute approximate surface area is 111 Å². The first kappa shape index (κ1) is 13.3. The second kappa shape index (κ2) is 6.70. The molecule has 5 heteroatoms. The van der Waals surface area contributed by atoms with E-state index in [1.807, 2.05) is 37.3 Å². The van der Waals surface area contributed by atoms with Crippen molar-refractivity contribution < 1.29 is 4.74 Å².